The molecule has 0 aliphatic carbocycles. The van der Waals surface area contributed by atoms with Gasteiger partial charge in [-0.25, -0.2) is 9.97 Å². The van der Waals surface area contributed by atoms with Gasteiger partial charge < -0.3 is 25.4 Å². The quantitative estimate of drug-likeness (QED) is 0.572. The first kappa shape index (κ1) is 19.0. The summed E-state index contributed by atoms with van der Waals surface area (Å²) < 4.78 is 10.6. The number of amides is 1. The summed E-state index contributed by atoms with van der Waals surface area (Å²) in [7, 11) is 3.18. The number of benzene rings is 2. The van der Waals surface area contributed by atoms with E-state index in [9.17, 15) is 4.79 Å². The molecule has 1 heterocycles. The minimum absolute atomic E-state index is 0.124. The van der Waals surface area contributed by atoms with E-state index < -0.39 is 0 Å². The molecule has 0 unspecified atom stereocenters. The third-order valence-electron chi connectivity index (χ3n) is 3.78. The minimum atomic E-state index is -0.124. The van der Waals surface area contributed by atoms with Gasteiger partial charge in [-0.05, 0) is 30.3 Å². The van der Waals surface area contributed by atoms with Crippen molar-refractivity contribution in [3.63, 3.8) is 0 Å². The Labute approximate surface area is 162 Å². The van der Waals surface area contributed by atoms with Crippen LogP contribution in [0.3, 0.4) is 0 Å². The maximum Gasteiger partial charge on any atom is 0.221 e. The van der Waals surface area contributed by atoms with Crippen LogP contribution in [0.1, 0.15) is 6.92 Å². The predicted octanol–water partition coefficient (Wildman–Crippen LogP) is 3.94. The Morgan fingerprint density at radius 1 is 0.821 bits per heavy atom. The summed E-state index contributed by atoms with van der Waals surface area (Å²) in [4.78, 5) is 19.7. The molecule has 2 aromatic carbocycles. The van der Waals surface area contributed by atoms with Gasteiger partial charge in [0.15, 0.2) is 11.5 Å². The highest BCUT2D eigenvalue weighted by molar-refractivity contribution is 5.89. The average molecular weight is 379 g/mol. The van der Waals surface area contributed by atoms with Crippen molar-refractivity contribution >= 4 is 34.6 Å². The molecule has 3 N–H and O–H groups in total. The molecule has 0 fully saturated rings. The number of nitrogens with one attached hydrogen (secondary N) is 3. The number of anilines is 5. The fraction of sp³-hybridized carbons (Fsp3) is 0.150. The lowest BCUT2D eigenvalue weighted by atomic mass is 10.2. The first-order valence-corrected chi connectivity index (χ1v) is 8.53. The lowest BCUT2D eigenvalue weighted by molar-refractivity contribution is -0.114. The van der Waals surface area contributed by atoms with Crippen molar-refractivity contribution in [1.82, 2.24) is 9.97 Å². The highest BCUT2D eigenvalue weighted by Gasteiger charge is 2.06. The Morgan fingerprint density at radius 2 is 1.46 bits per heavy atom. The molecule has 1 amide bonds. The molecule has 0 aliphatic rings. The molecule has 8 nitrogen and oxygen atoms in total. The van der Waals surface area contributed by atoms with Crippen molar-refractivity contribution in [1.29, 1.82) is 0 Å². The van der Waals surface area contributed by atoms with Gasteiger partial charge in [0.1, 0.15) is 18.0 Å². The zero-order chi connectivity index (χ0) is 19.9. The van der Waals surface area contributed by atoms with Gasteiger partial charge in [0.25, 0.3) is 0 Å². The van der Waals surface area contributed by atoms with Crippen LogP contribution < -0.4 is 25.4 Å². The van der Waals surface area contributed by atoms with E-state index in [4.69, 9.17) is 9.47 Å². The van der Waals surface area contributed by atoms with Crippen molar-refractivity contribution in [2.45, 2.75) is 6.92 Å². The minimum Gasteiger partial charge on any atom is -0.493 e. The van der Waals surface area contributed by atoms with Gasteiger partial charge in [-0.3, -0.25) is 4.79 Å². The maximum absolute atomic E-state index is 11.2. The number of aromatic nitrogens is 2. The number of methoxy groups -OCH3 is 2. The second-order valence-corrected chi connectivity index (χ2v) is 5.87. The van der Waals surface area contributed by atoms with Crippen LogP contribution in [-0.2, 0) is 4.79 Å². The third kappa shape index (κ3) is 4.88. The van der Waals surface area contributed by atoms with Crippen molar-refractivity contribution in [3.05, 3.63) is 54.9 Å². The first-order chi connectivity index (χ1) is 13.6. The lowest BCUT2D eigenvalue weighted by Crippen LogP contribution is -2.06. The molecule has 8 heteroatoms. The number of hydrogen-bond acceptors (Lipinski definition) is 7. The molecule has 3 rings (SSSR count). The molecule has 0 radical (unpaired) electrons. The fourth-order valence-electron chi connectivity index (χ4n) is 2.58. The lowest BCUT2D eigenvalue weighted by Gasteiger charge is -2.12. The predicted molar refractivity (Wildman–Crippen MR) is 109 cm³/mol. The SMILES string of the molecule is COc1ccc(Nc2cc(Nc3cccc(NC(C)=O)c3)ncn2)cc1OC. The molecule has 0 atom stereocenters. The average Bonchev–Trinajstić information content (AvgIpc) is 2.68. The summed E-state index contributed by atoms with van der Waals surface area (Å²) in [6.45, 7) is 1.47. The summed E-state index contributed by atoms with van der Waals surface area (Å²) in [5, 5.41) is 9.16. The number of ether oxygens (including phenoxy) is 2. The topological polar surface area (TPSA) is 97.4 Å². The summed E-state index contributed by atoms with van der Waals surface area (Å²) in [5.41, 5.74) is 2.30. The Balaban J connectivity index is 1.75. The zero-order valence-corrected chi connectivity index (χ0v) is 15.8. The van der Waals surface area contributed by atoms with Crippen LogP contribution in [0.25, 0.3) is 0 Å². The van der Waals surface area contributed by atoms with Crippen molar-refractivity contribution in [2.24, 2.45) is 0 Å². The van der Waals surface area contributed by atoms with Gasteiger partial charge in [0.2, 0.25) is 5.91 Å². The zero-order valence-electron chi connectivity index (χ0n) is 15.8. The van der Waals surface area contributed by atoms with Gasteiger partial charge in [-0.2, -0.15) is 0 Å². The van der Waals surface area contributed by atoms with Crippen LogP contribution in [0.5, 0.6) is 11.5 Å². The molecule has 0 saturated carbocycles. The normalized spacial score (nSPS) is 10.1. The smallest absolute Gasteiger partial charge is 0.221 e. The van der Waals surface area contributed by atoms with Crippen LogP contribution >= 0.6 is 0 Å². The number of nitrogens with zero attached hydrogens (tertiary/aromatic N) is 2. The number of carbonyl (C=O) groups is 1. The summed E-state index contributed by atoms with van der Waals surface area (Å²) in [5.74, 6) is 2.37. The maximum atomic E-state index is 11.2. The Hall–Kier alpha value is -3.81. The van der Waals surface area contributed by atoms with Crippen LogP contribution in [0.2, 0.25) is 0 Å². The second kappa shape index (κ2) is 8.72. The second-order valence-electron chi connectivity index (χ2n) is 5.87. The van der Waals surface area contributed by atoms with Crippen molar-refractivity contribution in [3.8, 4) is 11.5 Å². The summed E-state index contributed by atoms with van der Waals surface area (Å²) in [6.07, 6.45) is 1.46. The van der Waals surface area contributed by atoms with Gasteiger partial charge in [0, 0.05) is 36.1 Å². The molecule has 144 valence electrons. The Morgan fingerprint density at radius 3 is 2.11 bits per heavy atom. The standard InChI is InChI=1S/C20H21N5O3/c1-13(26)23-14-5-4-6-15(9-14)24-19-11-20(22-12-21-19)25-16-7-8-17(27-2)18(10-16)28-3/h4-12H,1-3H3,(H,23,26)(H2,21,22,24,25). The van der Waals surface area contributed by atoms with Crippen LogP contribution in [-0.4, -0.2) is 30.1 Å². The first-order valence-electron chi connectivity index (χ1n) is 8.53. The van der Waals surface area contributed by atoms with E-state index in [0.717, 1.165) is 11.4 Å². The van der Waals surface area contributed by atoms with Crippen molar-refractivity contribution in [2.75, 3.05) is 30.2 Å². The van der Waals surface area contributed by atoms with Gasteiger partial charge >= 0.3 is 0 Å². The number of rotatable bonds is 7. The Kier molecular flexibility index (Phi) is 5.91. The van der Waals surface area contributed by atoms with Crippen LogP contribution in [0, 0.1) is 0 Å². The molecule has 0 aliphatic heterocycles. The molecule has 3 aromatic rings. The summed E-state index contributed by atoms with van der Waals surface area (Å²) in [6, 6.07) is 14.7. The van der Waals surface area contributed by atoms with E-state index in [1.807, 2.05) is 42.5 Å². The molecule has 0 spiro atoms. The highest BCUT2D eigenvalue weighted by Crippen LogP contribution is 2.31. The number of carbonyl (C=O) groups excluding carboxylic acids is 1. The van der Waals surface area contributed by atoms with E-state index in [2.05, 4.69) is 25.9 Å². The van der Waals surface area contributed by atoms with Gasteiger partial charge in [-0.15, -0.1) is 0 Å². The molecular formula is C20H21N5O3. The summed E-state index contributed by atoms with van der Waals surface area (Å²) >= 11 is 0. The fourth-order valence-corrected chi connectivity index (χ4v) is 2.58. The third-order valence-corrected chi connectivity index (χ3v) is 3.78. The van der Waals surface area contributed by atoms with E-state index in [1.165, 1.54) is 13.3 Å². The van der Waals surface area contributed by atoms with E-state index in [-0.39, 0.29) is 5.91 Å². The van der Waals surface area contributed by atoms with Crippen LogP contribution in [0.15, 0.2) is 54.9 Å². The molecule has 0 saturated heterocycles. The monoisotopic (exact) mass is 379 g/mol. The Bertz CT molecular complexity index is 978. The van der Waals surface area contributed by atoms with E-state index >= 15 is 0 Å². The molecule has 28 heavy (non-hydrogen) atoms. The largest absolute Gasteiger partial charge is 0.493 e. The van der Waals surface area contributed by atoms with Crippen LogP contribution in [0.4, 0.5) is 28.7 Å². The van der Waals surface area contributed by atoms with Crippen molar-refractivity contribution < 1.29 is 14.3 Å². The molecule has 0 bridgehead atoms. The van der Waals surface area contributed by atoms with E-state index in [0.29, 0.717) is 28.8 Å². The van der Waals surface area contributed by atoms with Gasteiger partial charge in [-0.1, -0.05) is 6.07 Å². The van der Waals surface area contributed by atoms with Gasteiger partial charge in [0.05, 0.1) is 14.2 Å². The number of hydrogen-bond donors (Lipinski definition) is 3. The molecular weight excluding hydrogens is 358 g/mol. The molecule has 1 aromatic heterocycles. The highest BCUT2D eigenvalue weighted by atomic mass is 16.5. The van der Waals surface area contributed by atoms with E-state index in [1.54, 1.807) is 20.3 Å².